The summed E-state index contributed by atoms with van der Waals surface area (Å²) in [4.78, 5) is 37.1. The maximum absolute atomic E-state index is 12.4. The van der Waals surface area contributed by atoms with Gasteiger partial charge in [-0.05, 0) is 55.0 Å². The predicted octanol–water partition coefficient (Wildman–Crippen LogP) is 3.75. The normalized spacial score (nSPS) is 10.7. The summed E-state index contributed by atoms with van der Waals surface area (Å²) in [5.74, 6) is -0.911. The lowest BCUT2D eigenvalue weighted by molar-refractivity contribution is -0.130. The zero-order chi connectivity index (χ0) is 22.8. The van der Waals surface area contributed by atoms with Crippen molar-refractivity contribution in [2.24, 2.45) is 0 Å². The zero-order valence-electron chi connectivity index (χ0n) is 17.1. The number of likely N-dealkylation sites (N-methyl/N-ethyl adjacent to an activating group) is 1. The molecule has 0 spiro atoms. The molecule has 2 N–H and O–H groups in total. The number of carbonyl (C=O) groups excluding carboxylic acids is 3. The Balaban J connectivity index is 1.90. The number of amides is 3. The van der Waals surface area contributed by atoms with Gasteiger partial charge in [-0.3, -0.25) is 14.4 Å². The summed E-state index contributed by atoms with van der Waals surface area (Å²) >= 11 is 0. The summed E-state index contributed by atoms with van der Waals surface area (Å²) in [6, 6.07) is 12.4. The Bertz CT molecular complexity index is 929. The molecule has 2 rings (SSSR count). The molecule has 0 unspecified atom stereocenters. The van der Waals surface area contributed by atoms with Gasteiger partial charge in [0.2, 0.25) is 17.7 Å². The van der Waals surface area contributed by atoms with Crippen LogP contribution in [0.4, 0.5) is 20.2 Å². The van der Waals surface area contributed by atoms with Crippen molar-refractivity contribution in [3.8, 4) is 5.75 Å². The first-order valence-corrected chi connectivity index (χ1v) is 9.46. The summed E-state index contributed by atoms with van der Waals surface area (Å²) in [7, 11) is 0. The third-order valence-corrected chi connectivity index (χ3v) is 4.04. The molecule has 0 bridgehead atoms. The predicted molar refractivity (Wildman–Crippen MR) is 114 cm³/mol. The van der Waals surface area contributed by atoms with Crippen LogP contribution < -0.4 is 15.4 Å². The highest BCUT2D eigenvalue weighted by Gasteiger charge is 2.13. The standard InChI is InChI=1S/C22H23F2N3O4/c1-3-27(14-20(29)26-18-9-7-17(8-10-18)25-15(2)28)21(30)13-6-16-4-11-19(12-5-16)31-22(23)24/h4-13,22H,3,14H2,1-2H3,(H,25,28)(H,26,29)/b13-6+. The molecule has 0 heterocycles. The first-order valence-electron chi connectivity index (χ1n) is 9.46. The van der Waals surface area contributed by atoms with Crippen LogP contribution >= 0.6 is 0 Å². The molecule has 0 aliphatic heterocycles. The summed E-state index contributed by atoms with van der Waals surface area (Å²) < 4.78 is 28.6. The van der Waals surface area contributed by atoms with Crippen LogP contribution in [0.2, 0.25) is 0 Å². The lowest BCUT2D eigenvalue weighted by atomic mass is 10.2. The number of alkyl halides is 2. The van der Waals surface area contributed by atoms with Crippen molar-refractivity contribution >= 4 is 35.2 Å². The highest BCUT2D eigenvalue weighted by Crippen LogP contribution is 2.16. The molecular formula is C22H23F2N3O4. The van der Waals surface area contributed by atoms with Gasteiger partial charge in [0.15, 0.2) is 0 Å². The van der Waals surface area contributed by atoms with E-state index in [2.05, 4.69) is 15.4 Å². The first kappa shape index (κ1) is 23.5. The van der Waals surface area contributed by atoms with Gasteiger partial charge in [0, 0.05) is 30.9 Å². The molecule has 164 valence electrons. The minimum Gasteiger partial charge on any atom is -0.435 e. The van der Waals surface area contributed by atoms with Crippen LogP contribution in [-0.4, -0.2) is 42.3 Å². The van der Waals surface area contributed by atoms with E-state index < -0.39 is 6.61 Å². The van der Waals surface area contributed by atoms with Gasteiger partial charge in [-0.15, -0.1) is 0 Å². The number of rotatable bonds is 9. The van der Waals surface area contributed by atoms with E-state index in [1.807, 2.05) is 0 Å². The highest BCUT2D eigenvalue weighted by atomic mass is 19.3. The minimum absolute atomic E-state index is 0.0236. The van der Waals surface area contributed by atoms with Crippen molar-refractivity contribution in [3.05, 3.63) is 60.2 Å². The first-order chi connectivity index (χ1) is 14.8. The highest BCUT2D eigenvalue weighted by molar-refractivity contribution is 5.98. The van der Waals surface area contributed by atoms with E-state index in [1.165, 1.54) is 48.2 Å². The molecule has 0 fully saturated rings. The third kappa shape index (κ3) is 8.25. The second-order valence-corrected chi connectivity index (χ2v) is 6.44. The molecule has 7 nitrogen and oxygen atoms in total. The number of hydrogen-bond acceptors (Lipinski definition) is 4. The number of benzene rings is 2. The van der Waals surface area contributed by atoms with Crippen LogP contribution in [0.1, 0.15) is 19.4 Å². The number of ether oxygens (including phenoxy) is 1. The van der Waals surface area contributed by atoms with E-state index in [0.29, 0.717) is 23.5 Å². The second-order valence-electron chi connectivity index (χ2n) is 6.44. The Morgan fingerprint density at radius 1 is 1.00 bits per heavy atom. The van der Waals surface area contributed by atoms with Crippen LogP contribution in [0.5, 0.6) is 5.75 Å². The zero-order valence-corrected chi connectivity index (χ0v) is 17.1. The third-order valence-electron chi connectivity index (χ3n) is 4.04. The molecule has 0 saturated carbocycles. The smallest absolute Gasteiger partial charge is 0.387 e. The van der Waals surface area contributed by atoms with E-state index in [9.17, 15) is 23.2 Å². The Labute approximate surface area is 178 Å². The number of anilines is 2. The van der Waals surface area contributed by atoms with Crippen molar-refractivity contribution in [1.29, 1.82) is 0 Å². The molecule has 2 aromatic carbocycles. The van der Waals surface area contributed by atoms with Crippen LogP contribution in [0.3, 0.4) is 0 Å². The Kier molecular flexibility index (Phi) is 8.68. The van der Waals surface area contributed by atoms with Gasteiger partial charge in [0.25, 0.3) is 0 Å². The van der Waals surface area contributed by atoms with E-state index in [4.69, 9.17) is 0 Å². The number of nitrogens with zero attached hydrogens (tertiary/aromatic N) is 1. The summed E-state index contributed by atoms with van der Waals surface area (Å²) in [5.41, 5.74) is 1.76. The fourth-order valence-electron chi connectivity index (χ4n) is 2.59. The van der Waals surface area contributed by atoms with Crippen molar-refractivity contribution < 1.29 is 27.9 Å². The molecule has 31 heavy (non-hydrogen) atoms. The molecule has 0 atom stereocenters. The Morgan fingerprint density at radius 3 is 2.10 bits per heavy atom. The molecule has 0 aliphatic carbocycles. The molecule has 0 aromatic heterocycles. The van der Waals surface area contributed by atoms with Gasteiger partial charge in [-0.25, -0.2) is 0 Å². The van der Waals surface area contributed by atoms with Gasteiger partial charge in [-0.1, -0.05) is 12.1 Å². The fraction of sp³-hybridized carbons (Fsp3) is 0.227. The molecule has 3 amide bonds. The van der Waals surface area contributed by atoms with Gasteiger partial charge in [-0.2, -0.15) is 8.78 Å². The van der Waals surface area contributed by atoms with Crippen molar-refractivity contribution in [2.75, 3.05) is 23.7 Å². The molecule has 0 aliphatic rings. The van der Waals surface area contributed by atoms with Crippen molar-refractivity contribution in [2.45, 2.75) is 20.5 Å². The summed E-state index contributed by atoms with van der Waals surface area (Å²) in [5, 5.41) is 5.32. The fourth-order valence-corrected chi connectivity index (χ4v) is 2.59. The summed E-state index contributed by atoms with van der Waals surface area (Å²) in [6.07, 6.45) is 2.83. The van der Waals surface area contributed by atoms with E-state index in [-0.39, 0.29) is 30.0 Å². The average molecular weight is 431 g/mol. The van der Waals surface area contributed by atoms with Gasteiger partial charge >= 0.3 is 6.61 Å². The lowest BCUT2D eigenvalue weighted by Crippen LogP contribution is -2.36. The summed E-state index contributed by atoms with van der Waals surface area (Å²) in [6.45, 7) is 0.421. The van der Waals surface area contributed by atoms with Crippen LogP contribution in [-0.2, 0) is 14.4 Å². The molecule has 9 heteroatoms. The van der Waals surface area contributed by atoms with Gasteiger partial charge in [0.1, 0.15) is 12.3 Å². The van der Waals surface area contributed by atoms with Crippen LogP contribution in [0, 0.1) is 0 Å². The van der Waals surface area contributed by atoms with E-state index in [1.54, 1.807) is 31.2 Å². The quantitative estimate of drug-likeness (QED) is 0.592. The number of hydrogen-bond donors (Lipinski definition) is 2. The van der Waals surface area contributed by atoms with Crippen molar-refractivity contribution in [3.63, 3.8) is 0 Å². The topological polar surface area (TPSA) is 87.7 Å². The monoisotopic (exact) mass is 431 g/mol. The molecule has 0 radical (unpaired) electrons. The minimum atomic E-state index is -2.90. The number of carbonyl (C=O) groups is 3. The Morgan fingerprint density at radius 2 is 1.58 bits per heavy atom. The molecule has 2 aromatic rings. The maximum Gasteiger partial charge on any atom is 0.387 e. The number of nitrogens with one attached hydrogen (secondary N) is 2. The van der Waals surface area contributed by atoms with E-state index in [0.717, 1.165) is 0 Å². The van der Waals surface area contributed by atoms with E-state index >= 15 is 0 Å². The lowest BCUT2D eigenvalue weighted by Gasteiger charge is -2.18. The largest absolute Gasteiger partial charge is 0.435 e. The van der Waals surface area contributed by atoms with Crippen molar-refractivity contribution in [1.82, 2.24) is 4.90 Å². The van der Waals surface area contributed by atoms with Gasteiger partial charge in [0.05, 0.1) is 0 Å². The molecule has 0 saturated heterocycles. The molecular weight excluding hydrogens is 408 g/mol. The SMILES string of the molecule is CCN(CC(=O)Nc1ccc(NC(C)=O)cc1)C(=O)/C=C/c1ccc(OC(F)F)cc1. The second kappa shape index (κ2) is 11.4. The van der Waals surface area contributed by atoms with Crippen LogP contribution in [0.25, 0.3) is 6.08 Å². The number of halogens is 2. The van der Waals surface area contributed by atoms with Gasteiger partial charge < -0.3 is 20.3 Å². The van der Waals surface area contributed by atoms with Crippen LogP contribution in [0.15, 0.2) is 54.6 Å². The average Bonchev–Trinajstić information content (AvgIpc) is 2.72. The maximum atomic E-state index is 12.4. The Hall–Kier alpha value is -3.75.